The molecule has 0 unspecified atom stereocenters. The van der Waals surface area contributed by atoms with Crippen molar-refractivity contribution in [1.29, 1.82) is 0 Å². The molecule has 0 aromatic carbocycles. The number of hydrogen-bond donors (Lipinski definition) is 0. The Labute approximate surface area is 125 Å². The van der Waals surface area contributed by atoms with Crippen LogP contribution in [-0.2, 0) is 13.0 Å². The summed E-state index contributed by atoms with van der Waals surface area (Å²) in [4.78, 5) is 13.5. The molecule has 0 spiro atoms. The van der Waals surface area contributed by atoms with Crippen molar-refractivity contribution < 1.29 is 4.39 Å². The Bertz CT molecular complexity index is 543. The lowest BCUT2D eigenvalue weighted by Gasteiger charge is -2.30. The first-order chi connectivity index (χ1) is 10.1. The molecule has 114 valence electrons. The average Bonchev–Trinajstić information content (AvgIpc) is 2.89. The molecule has 0 radical (unpaired) electrons. The summed E-state index contributed by atoms with van der Waals surface area (Å²) in [6, 6.07) is 2.22. The van der Waals surface area contributed by atoms with E-state index in [1.165, 1.54) is 16.8 Å². The number of nitrogens with zero attached hydrogens (tertiary/aromatic N) is 4. The van der Waals surface area contributed by atoms with E-state index in [9.17, 15) is 4.39 Å². The van der Waals surface area contributed by atoms with Crippen LogP contribution in [0.3, 0.4) is 0 Å². The molecule has 1 atom stereocenters. The molecule has 0 aliphatic carbocycles. The highest BCUT2D eigenvalue weighted by Crippen LogP contribution is 2.18. The zero-order chi connectivity index (χ0) is 14.8. The Morgan fingerprint density at radius 2 is 2.33 bits per heavy atom. The summed E-state index contributed by atoms with van der Waals surface area (Å²) in [5, 5.41) is 0. The molecule has 1 aromatic heterocycles. The average molecular weight is 290 g/mol. The number of hydrogen-bond acceptors (Lipinski definition) is 3. The van der Waals surface area contributed by atoms with Gasteiger partial charge < -0.3 is 4.90 Å². The minimum Gasteiger partial charge on any atom is -0.356 e. The third-order valence-electron chi connectivity index (χ3n) is 4.35. The van der Waals surface area contributed by atoms with Crippen molar-refractivity contribution in [3.8, 4) is 0 Å². The molecule has 2 aliphatic heterocycles. The Morgan fingerprint density at radius 1 is 1.48 bits per heavy atom. The molecule has 21 heavy (non-hydrogen) atoms. The largest absolute Gasteiger partial charge is 0.356 e. The SMILES string of the molecule is C/C(=N\CN1CC[C@@H](F)C1)N1CCc2ncc(C)cc2C1. The van der Waals surface area contributed by atoms with Crippen LogP contribution in [0.4, 0.5) is 4.39 Å². The molecule has 1 fully saturated rings. The van der Waals surface area contributed by atoms with Gasteiger partial charge in [0.15, 0.2) is 0 Å². The Hall–Kier alpha value is -1.49. The Kier molecular flexibility index (Phi) is 4.19. The first-order valence-corrected chi connectivity index (χ1v) is 7.68. The fourth-order valence-electron chi connectivity index (χ4n) is 3.04. The molecule has 1 saturated heterocycles. The lowest BCUT2D eigenvalue weighted by Crippen LogP contribution is -2.35. The van der Waals surface area contributed by atoms with Crippen LogP contribution in [0.2, 0.25) is 0 Å². The Morgan fingerprint density at radius 3 is 3.10 bits per heavy atom. The number of halogens is 1. The van der Waals surface area contributed by atoms with Crippen LogP contribution in [-0.4, -0.2) is 53.1 Å². The molecule has 0 N–H and O–H groups in total. The quantitative estimate of drug-likeness (QED) is 0.618. The van der Waals surface area contributed by atoms with Gasteiger partial charge in [0, 0.05) is 44.5 Å². The second kappa shape index (κ2) is 6.10. The van der Waals surface area contributed by atoms with E-state index in [2.05, 4.69) is 39.7 Å². The second-order valence-corrected chi connectivity index (χ2v) is 6.10. The van der Waals surface area contributed by atoms with Gasteiger partial charge in [-0.3, -0.25) is 14.9 Å². The van der Waals surface area contributed by atoms with Crippen molar-refractivity contribution >= 4 is 5.84 Å². The van der Waals surface area contributed by atoms with Gasteiger partial charge in [0.2, 0.25) is 0 Å². The van der Waals surface area contributed by atoms with Crippen LogP contribution in [0.5, 0.6) is 0 Å². The zero-order valence-electron chi connectivity index (χ0n) is 12.8. The van der Waals surface area contributed by atoms with Gasteiger partial charge in [-0.2, -0.15) is 0 Å². The molecule has 2 aliphatic rings. The van der Waals surface area contributed by atoms with Gasteiger partial charge in [-0.05, 0) is 31.4 Å². The molecule has 0 bridgehead atoms. The number of aliphatic imine (C=N–C) groups is 1. The van der Waals surface area contributed by atoms with E-state index in [4.69, 9.17) is 0 Å². The van der Waals surface area contributed by atoms with Gasteiger partial charge in [0.25, 0.3) is 0 Å². The van der Waals surface area contributed by atoms with E-state index in [-0.39, 0.29) is 0 Å². The highest BCUT2D eigenvalue weighted by atomic mass is 19.1. The van der Waals surface area contributed by atoms with Crippen molar-refractivity contribution in [2.45, 2.75) is 39.4 Å². The lowest BCUT2D eigenvalue weighted by atomic mass is 10.0. The number of amidine groups is 1. The topological polar surface area (TPSA) is 31.7 Å². The Balaban J connectivity index is 1.62. The first kappa shape index (κ1) is 14.4. The number of likely N-dealkylation sites (tertiary alicyclic amines) is 1. The van der Waals surface area contributed by atoms with Crippen molar-refractivity contribution in [1.82, 2.24) is 14.8 Å². The maximum absolute atomic E-state index is 13.1. The third kappa shape index (κ3) is 3.40. The predicted octanol–water partition coefficient (Wildman–Crippen LogP) is 2.17. The van der Waals surface area contributed by atoms with E-state index in [1.54, 1.807) is 0 Å². The highest BCUT2D eigenvalue weighted by Gasteiger charge is 2.22. The summed E-state index contributed by atoms with van der Waals surface area (Å²) < 4.78 is 13.1. The van der Waals surface area contributed by atoms with Gasteiger partial charge in [0.1, 0.15) is 6.17 Å². The fourth-order valence-corrected chi connectivity index (χ4v) is 3.04. The monoisotopic (exact) mass is 290 g/mol. The first-order valence-electron chi connectivity index (χ1n) is 7.68. The summed E-state index contributed by atoms with van der Waals surface area (Å²) in [5.74, 6) is 1.05. The summed E-state index contributed by atoms with van der Waals surface area (Å²) in [7, 11) is 0. The van der Waals surface area contributed by atoms with E-state index < -0.39 is 6.17 Å². The van der Waals surface area contributed by atoms with Gasteiger partial charge in [-0.25, -0.2) is 4.39 Å². The number of pyridine rings is 1. The zero-order valence-corrected chi connectivity index (χ0v) is 12.8. The molecule has 5 heteroatoms. The summed E-state index contributed by atoms with van der Waals surface area (Å²) in [6.45, 7) is 7.94. The van der Waals surface area contributed by atoms with Crippen LogP contribution >= 0.6 is 0 Å². The lowest BCUT2D eigenvalue weighted by molar-refractivity contribution is 0.291. The molecule has 1 aromatic rings. The molecular weight excluding hydrogens is 267 g/mol. The van der Waals surface area contributed by atoms with Crippen LogP contribution < -0.4 is 0 Å². The normalized spacial score (nSPS) is 23.5. The van der Waals surface area contributed by atoms with E-state index in [0.717, 1.165) is 31.9 Å². The van der Waals surface area contributed by atoms with Crippen LogP contribution in [0.25, 0.3) is 0 Å². The number of aryl methyl sites for hydroxylation is 1. The van der Waals surface area contributed by atoms with E-state index in [0.29, 0.717) is 19.6 Å². The molecule has 3 heterocycles. The molecule has 0 saturated carbocycles. The summed E-state index contributed by atoms with van der Waals surface area (Å²) in [5.41, 5.74) is 3.72. The van der Waals surface area contributed by atoms with Crippen LogP contribution in [0.1, 0.15) is 30.2 Å². The fraction of sp³-hybridized carbons (Fsp3) is 0.625. The van der Waals surface area contributed by atoms with Gasteiger partial charge in [-0.1, -0.05) is 6.07 Å². The highest BCUT2D eigenvalue weighted by molar-refractivity contribution is 5.79. The van der Waals surface area contributed by atoms with Gasteiger partial charge in [0.05, 0.1) is 12.5 Å². The third-order valence-corrected chi connectivity index (χ3v) is 4.35. The number of aromatic nitrogens is 1. The predicted molar refractivity (Wildman–Crippen MR) is 82.2 cm³/mol. The van der Waals surface area contributed by atoms with E-state index >= 15 is 0 Å². The van der Waals surface area contributed by atoms with Gasteiger partial charge in [-0.15, -0.1) is 0 Å². The van der Waals surface area contributed by atoms with Crippen molar-refractivity contribution in [2.75, 3.05) is 26.3 Å². The van der Waals surface area contributed by atoms with Crippen LogP contribution in [0.15, 0.2) is 17.3 Å². The molecule has 4 nitrogen and oxygen atoms in total. The number of alkyl halides is 1. The minimum atomic E-state index is -0.670. The van der Waals surface area contributed by atoms with Gasteiger partial charge >= 0.3 is 0 Å². The standard InChI is InChI=1S/C16H23FN4/c1-12-7-14-9-21(6-4-16(14)18-8-12)13(2)19-11-20-5-3-15(17)10-20/h7-8,15H,3-6,9-11H2,1-2H3/b19-13+/t15-/m1/s1. The molecule has 3 rings (SSSR count). The van der Waals surface area contributed by atoms with E-state index in [1.807, 2.05) is 6.20 Å². The van der Waals surface area contributed by atoms with Crippen molar-refractivity contribution in [3.63, 3.8) is 0 Å². The maximum Gasteiger partial charge on any atom is 0.114 e. The smallest absolute Gasteiger partial charge is 0.114 e. The number of fused-ring (bicyclic) bond motifs is 1. The molecular formula is C16H23FN4. The second-order valence-electron chi connectivity index (χ2n) is 6.10. The summed E-state index contributed by atoms with van der Waals surface area (Å²) in [6.07, 6.45) is 2.89. The maximum atomic E-state index is 13.1. The molecule has 0 amide bonds. The van der Waals surface area contributed by atoms with Crippen molar-refractivity contribution in [3.05, 3.63) is 29.1 Å². The van der Waals surface area contributed by atoms with Crippen LogP contribution in [0, 0.1) is 6.92 Å². The number of rotatable bonds is 2. The summed E-state index contributed by atoms with van der Waals surface area (Å²) >= 11 is 0. The van der Waals surface area contributed by atoms with Crippen molar-refractivity contribution in [2.24, 2.45) is 4.99 Å². The minimum absolute atomic E-state index is 0.530.